The van der Waals surface area contributed by atoms with Gasteiger partial charge in [-0.1, -0.05) is 0 Å². The van der Waals surface area contributed by atoms with Gasteiger partial charge in [-0.2, -0.15) is 10.2 Å². The zero-order valence-corrected chi connectivity index (χ0v) is 11.1. The van der Waals surface area contributed by atoms with E-state index in [-0.39, 0.29) is 0 Å². The van der Waals surface area contributed by atoms with E-state index in [9.17, 15) is 0 Å². The first-order valence-corrected chi connectivity index (χ1v) is 6.18. The maximum absolute atomic E-state index is 5.28. The molecule has 96 valence electrons. The van der Waals surface area contributed by atoms with Gasteiger partial charge in [0.25, 0.3) is 0 Å². The van der Waals surface area contributed by atoms with Crippen LogP contribution in [-0.2, 0) is 13.6 Å². The number of rotatable bonds is 3. The lowest BCUT2D eigenvalue weighted by Crippen LogP contribution is -2.02. The number of hydrogen-bond acceptors (Lipinski definition) is 4. The molecule has 0 amide bonds. The highest BCUT2D eigenvalue weighted by Crippen LogP contribution is 2.16. The highest BCUT2D eigenvalue weighted by Gasteiger charge is 2.09. The zero-order chi connectivity index (χ0) is 13.2. The van der Waals surface area contributed by atoms with Crippen molar-refractivity contribution in [1.82, 2.24) is 29.5 Å². The summed E-state index contributed by atoms with van der Waals surface area (Å²) in [6.45, 7) is 0.632. The second kappa shape index (κ2) is 4.77. The molecule has 6 nitrogen and oxygen atoms in total. The quantitative estimate of drug-likeness (QED) is 0.738. The maximum atomic E-state index is 5.28. The van der Waals surface area contributed by atoms with Crippen molar-refractivity contribution < 1.29 is 0 Å². The van der Waals surface area contributed by atoms with Gasteiger partial charge in [0, 0.05) is 36.8 Å². The summed E-state index contributed by atoms with van der Waals surface area (Å²) in [6.07, 6.45) is 7.28. The van der Waals surface area contributed by atoms with Crippen LogP contribution < -0.4 is 0 Å². The van der Waals surface area contributed by atoms with Crippen molar-refractivity contribution in [3.63, 3.8) is 0 Å². The van der Waals surface area contributed by atoms with Gasteiger partial charge in [-0.25, -0.2) is 0 Å². The molecule has 1 N–H and O–H groups in total. The number of aromatic nitrogens is 6. The predicted molar refractivity (Wildman–Crippen MR) is 73.0 cm³/mol. The van der Waals surface area contributed by atoms with Gasteiger partial charge in [0.2, 0.25) is 0 Å². The van der Waals surface area contributed by atoms with Crippen LogP contribution >= 0.6 is 12.2 Å². The molecule has 0 aliphatic heterocycles. The second-order valence-corrected chi connectivity index (χ2v) is 4.59. The van der Waals surface area contributed by atoms with E-state index in [2.05, 4.69) is 20.3 Å². The van der Waals surface area contributed by atoms with E-state index in [1.807, 2.05) is 36.1 Å². The third kappa shape index (κ3) is 2.32. The molecule has 3 aromatic rings. The van der Waals surface area contributed by atoms with E-state index in [1.54, 1.807) is 17.1 Å². The summed E-state index contributed by atoms with van der Waals surface area (Å²) in [5, 5.41) is 11.2. The molecule has 19 heavy (non-hydrogen) atoms. The Hall–Kier alpha value is -2.28. The van der Waals surface area contributed by atoms with Crippen LogP contribution in [0.5, 0.6) is 0 Å². The minimum absolute atomic E-state index is 0.586. The van der Waals surface area contributed by atoms with Crippen LogP contribution in [0.25, 0.3) is 11.4 Å². The van der Waals surface area contributed by atoms with Crippen molar-refractivity contribution in [3.8, 4) is 11.4 Å². The first-order valence-electron chi connectivity index (χ1n) is 5.77. The summed E-state index contributed by atoms with van der Waals surface area (Å²) >= 11 is 5.28. The molecule has 0 saturated carbocycles. The Kier molecular flexibility index (Phi) is 2.96. The molecule has 0 aliphatic carbocycles. The van der Waals surface area contributed by atoms with Gasteiger partial charge in [-0.3, -0.25) is 19.3 Å². The van der Waals surface area contributed by atoms with Crippen LogP contribution in [0.2, 0.25) is 0 Å². The molecule has 0 saturated heterocycles. The van der Waals surface area contributed by atoms with Crippen molar-refractivity contribution in [1.29, 1.82) is 0 Å². The number of nitrogens with one attached hydrogen (secondary N) is 1. The van der Waals surface area contributed by atoms with Gasteiger partial charge >= 0.3 is 0 Å². The summed E-state index contributed by atoms with van der Waals surface area (Å²) in [5.41, 5.74) is 2.00. The van der Waals surface area contributed by atoms with Crippen LogP contribution in [0.3, 0.4) is 0 Å². The Labute approximate surface area is 114 Å². The first-order chi connectivity index (χ1) is 9.24. The molecule has 0 aliphatic rings. The maximum Gasteiger partial charge on any atom is 0.195 e. The van der Waals surface area contributed by atoms with Gasteiger partial charge in [0.15, 0.2) is 10.6 Å². The number of hydrogen-bond donors (Lipinski definition) is 1. The Morgan fingerprint density at radius 2 is 2.26 bits per heavy atom. The fourth-order valence-electron chi connectivity index (χ4n) is 1.92. The van der Waals surface area contributed by atoms with Crippen LogP contribution in [0.1, 0.15) is 5.56 Å². The fraction of sp³-hybridized carbons (Fsp3) is 0.167. The summed E-state index contributed by atoms with van der Waals surface area (Å²) in [4.78, 5) is 4.10. The summed E-state index contributed by atoms with van der Waals surface area (Å²) < 4.78 is 4.29. The van der Waals surface area contributed by atoms with E-state index in [4.69, 9.17) is 12.2 Å². The molecule has 7 heteroatoms. The Morgan fingerprint density at radius 1 is 1.37 bits per heavy atom. The van der Waals surface area contributed by atoms with Crippen molar-refractivity contribution in [2.24, 2.45) is 7.05 Å². The highest BCUT2D eigenvalue weighted by molar-refractivity contribution is 7.71. The zero-order valence-electron chi connectivity index (χ0n) is 10.3. The predicted octanol–water partition coefficient (Wildman–Crippen LogP) is 1.78. The third-order valence-electron chi connectivity index (χ3n) is 2.78. The van der Waals surface area contributed by atoms with Gasteiger partial charge in [-0.05, 0) is 24.4 Å². The lowest BCUT2D eigenvalue weighted by Gasteiger charge is -2.04. The minimum Gasteiger partial charge on any atom is -0.296 e. The minimum atomic E-state index is 0.586. The number of aromatic amines is 1. The standard InChI is InChI=1S/C12H12N6S/c1-17-7-9(5-14-17)8-18-11(15-16-12(18)19)10-3-2-4-13-6-10/h2-7H,8H2,1H3,(H,16,19). The van der Waals surface area contributed by atoms with Crippen LogP contribution in [0.4, 0.5) is 0 Å². The average molecular weight is 272 g/mol. The second-order valence-electron chi connectivity index (χ2n) is 4.20. The Morgan fingerprint density at radius 3 is 2.95 bits per heavy atom. The lowest BCUT2D eigenvalue weighted by atomic mass is 10.2. The first kappa shape index (κ1) is 11.8. The molecule has 3 heterocycles. The largest absolute Gasteiger partial charge is 0.296 e. The third-order valence-corrected chi connectivity index (χ3v) is 3.09. The van der Waals surface area contributed by atoms with E-state index < -0.39 is 0 Å². The van der Waals surface area contributed by atoms with Gasteiger partial charge < -0.3 is 0 Å². The van der Waals surface area contributed by atoms with Gasteiger partial charge in [0.05, 0.1) is 12.7 Å². The summed E-state index contributed by atoms with van der Waals surface area (Å²) in [5.74, 6) is 0.780. The molecule has 3 aromatic heterocycles. The topological polar surface area (TPSA) is 64.3 Å². The molecule has 0 aromatic carbocycles. The average Bonchev–Trinajstić information content (AvgIpc) is 2.99. The SMILES string of the molecule is Cn1cc(Cn2c(-c3cccnc3)n[nH]c2=S)cn1. The normalized spacial score (nSPS) is 10.8. The van der Waals surface area contributed by atoms with Gasteiger partial charge in [0.1, 0.15) is 0 Å². The Balaban J connectivity index is 2.02. The molecular weight excluding hydrogens is 260 g/mol. The van der Waals surface area contributed by atoms with E-state index in [1.165, 1.54) is 0 Å². The van der Waals surface area contributed by atoms with Crippen molar-refractivity contribution in [2.45, 2.75) is 6.54 Å². The van der Waals surface area contributed by atoms with Crippen molar-refractivity contribution >= 4 is 12.2 Å². The van der Waals surface area contributed by atoms with Gasteiger partial charge in [-0.15, -0.1) is 0 Å². The van der Waals surface area contributed by atoms with E-state index in [0.29, 0.717) is 11.3 Å². The molecular formula is C12H12N6S. The van der Waals surface area contributed by atoms with Crippen molar-refractivity contribution in [3.05, 3.63) is 47.3 Å². The summed E-state index contributed by atoms with van der Waals surface area (Å²) in [7, 11) is 1.89. The van der Waals surface area contributed by atoms with E-state index >= 15 is 0 Å². The smallest absolute Gasteiger partial charge is 0.195 e. The van der Waals surface area contributed by atoms with Crippen LogP contribution in [0.15, 0.2) is 36.9 Å². The number of pyridine rings is 1. The van der Waals surface area contributed by atoms with Crippen LogP contribution in [-0.4, -0.2) is 29.5 Å². The monoisotopic (exact) mass is 272 g/mol. The molecule has 3 rings (SSSR count). The van der Waals surface area contributed by atoms with Crippen LogP contribution in [0, 0.1) is 4.77 Å². The van der Waals surface area contributed by atoms with Crippen molar-refractivity contribution in [2.75, 3.05) is 0 Å². The molecule has 0 bridgehead atoms. The molecule has 0 spiro atoms. The van der Waals surface area contributed by atoms with E-state index in [0.717, 1.165) is 17.0 Å². The number of nitrogens with zero attached hydrogens (tertiary/aromatic N) is 5. The highest BCUT2D eigenvalue weighted by atomic mass is 32.1. The lowest BCUT2D eigenvalue weighted by molar-refractivity contribution is 0.761. The fourth-order valence-corrected chi connectivity index (χ4v) is 2.11. The number of H-pyrrole nitrogens is 1. The number of aryl methyl sites for hydroxylation is 1. The molecule has 0 atom stereocenters. The molecule has 0 unspecified atom stereocenters. The molecule has 0 fully saturated rings. The summed E-state index contributed by atoms with van der Waals surface area (Å²) in [6, 6.07) is 3.83. The molecule has 0 radical (unpaired) electrons. The Bertz CT molecular complexity index is 739.